The first kappa shape index (κ1) is 31.3. The van der Waals surface area contributed by atoms with Crippen LogP contribution in [-0.4, -0.2) is 68.1 Å². The van der Waals surface area contributed by atoms with Crippen molar-refractivity contribution in [3.05, 3.63) is 89.5 Å². The van der Waals surface area contributed by atoms with Crippen LogP contribution in [0, 0.1) is 5.92 Å². The number of halogens is 3. The zero-order valence-electron chi connectivity index (χ0n) is 23.5. The summed E-state index contributed by atoms with van der Waals surface area (Å²) in [6.07, 6.45) is -4.97. The molecule has 2 N–H and O–H groups in total. The van der Waals surface area contributed by atoms with Gasteiger partial charge in [0.05, 0.1) is 34.4 Å². The van der Waals surface area contributed by atoms with E-state index in [4.69, 9.17) is 4.74 Å². The van der Waals surface area contributed by atoms with Crippen molar-refractivity contribution in [3.63, 3.8) is 0 Å². The molecule has 4 rings (SSSR count). The first-order chi connectivity index (χ1) is 19.8. The summed E-state index contributed by atoms with van der Waals surface area (Å²) in [5, 5.41) is 9.88. The van der Waals surface area contributed by atoms with E-state index < -0.39 is 39.8 Å². The minimum atomic E-state index is -4.42. The molecule has 0 fully saturated rings. The van der Waals surface area contributed by atoms with E-state index >= 15 is 0 Å². The second-order valence-electron chi connectivity index (χ2n) is 10.6. The summed E-state index contributed by atoms with van der Waals surface area (Å²) in [4.78, 5) is 17.1. The summed E-state index contributed by atoms with van der Waals surface area (Å²) in [6.45, 7) is 4.25. The van der Waals surface area contributed by atoms with Gasteiger partial charge in [-0.1, -0.05) is 43.3 Å². The first-order valence-electron chi connectivity index (χ1n) is 13.4. The molecule has 3 atom stereocenters. The molecule has 0 aromatic heterocycles. The fourth-order valence-electron chi connectivity index (χ4n) is 4.83. The second-order valence-corrected chi connectivity index (χ2v) is 12.3. The Labute approximate surface area is 243 Å². The highest BCUT2D eigenvalue weighted by molar-refractivity contribution is 7.92. The Kier molecular flexibility index (Phi) is 9.49. The van der Waals surface area contributed by atoms with E-state index in [1.54, 1.807) is 49.2 Å². The zero-order chi connectivity index (χ0) is 30.7. The standard InChI is InChI=1S/C30H34F3N3O5S/c1-20-16-36(21(2)19-37)29(38)25-10-7-11-26(34-42(39,40)24-8-5-4-6-9-24)28(25)41-27(20)18-35(3)17-22-12-14-23(15-13-22)30(31,32)33/h4-15,20-21,27,34,37H,16-19H2,1-3H3/t20-,21+,27+/m0/s1. The minimum absolute atomic E-state index is 0.0384. The molecule has 12 heteroatoms. The Bertz CT molecular complexity index is 1480. The molecule has 42 heavy (non-hydrogen) atoms. The van der Waals surface area contributed by atoms with Gasteiger partial charge in [-0.05, 0) is 55.9 Å². The molecule has 1 aliphatic rings. The summed E-state index contributed by atoms with van der Waals surface area (Å²) in [7, 11) is -2.21. The number of amides is 1. The molecule has 1 heterocycles. The van der Waals surface area contributed by atoms with Crippen molar-refractivity contribution < 1.29 is 36.2 Å². The van der Waals surface area contributed by atoms with Gasteiger partial charge < -0.3 is 14.7 Å². The van der Waals surface area contributed by atoms with Crippen molar-refractivity contribution in [1.29, 1.82) is 0 Å². The van der Waals surface area contributed by atoms with Crippen molar-refractivity contribution in [3.8, 4) is 5.75 Å². The maximum atomic E-state index is 13.7. The number of fused-ring (bicyclic) bond motifs is 1. The van der Waals surface area contributed by atoms with Gasteiger partial charge in [-0.2, -0.15) is 13.2 Å². The monoisotopic (exact) mass is 605 g/mol. The Balaban J connectivity index is 1.66. The average molecular weight is 606 g/mol. The fraction of sp³-hybridized carbons (Fsp3) is 0.367. The minimum Gasteiger partial charge on any atom is -0.486 e. The summed E-state index contributed by atoms with van der Waals surface area (Å²) < 4.78 is 74.3. The van der Waals surface area contributed by atoms with Crippen LogP contribution in [0.3, 0.4) is 0 Å². The number of aliphatic hydroxyl groups excluding tert-OH is 1. The molecule has 1 amide bonds. The molecule has 8 nitrogen and oxygen atoms in total. The highest BCUT2D eigenvalue weighted by atomic mass is 32.2. The molecule has 226 valence electrons. The highest BCUT2D eigenvalue weighted by Crippen LogP contribution is 2.36. The number of benzene rings is 3. The number of para-hydroxylation sites is 1. The smallest absolute Gasteiger partial charge is 0.416 e. The lowest BCUT2D eigenvalue weighted by Gasteiger charge is -2.38. The van der Waals surface area contributed by atoms with Crippen LogP contribution in [-0.2, 0) is 22.7 Å². The predicted molar refractivity (Wildman–Crippen MR) is 153 cm³/mol. The quantitative estimate of drug-likeness (QED) is 0.362. The van der Waals surface area contributed by atoms with Gasteiger partial charge in [-0.25, -0.2) is 8.42 Å². The molecule has 0 saturated carbocycles. The van der Waals surface area contributed by atoms with E-state index in [9.17, 15) is 31.5 Å². The first-order valence-corrected chi connectivity index (χ1v) is 14.9. The maximum Gasteiger partial charge on any atom is 0.416 e. The van der Waals surface area contributed by atoms with Gasteiger partial charge in [0, 0.05) is 25.6 Å². The van der Waals surface area contributed by atoms with E-state index in [1.165, 1.54) is 30.3 Å². The van der Waals surface area contributed by atoms with Gasteiger partial charge in [0.1, 0.15) is 6.10 Å². The molecule has 3 aromatic rings. The van der Waals surface area contributed by atoms with Crippen molar-refractivity contribution in [2.24, 2.45) is 5.92 Å². The number of nitrogens with zero attached hydrogens (tertiary/aromatic N) is 2. The van der Waals surface area contributed by atoms with Gasteiger partial charge in [0.25, 0.3) is 15.9 Å². The number of carbonyl (C=O) groups excluding carboxylic acids is 1. The number of sulfonamides is 1. The number of hydrogen-bond acceptors (Lipinski definition) is 6. The van der Waals surface area contributed by atoms with Crippen molar-refractivity contribution in [2.45, 2.75) is 43.6 Å². The largest absolute Gasteiger partial charge is 0.486 e. The molecular formula is C30H34F3N3O5S. The number of nitrogens with one attached hydrogen (secondary N) is 1. The van der Waals surface area contributed by atoms with E-state index in [2.05, 4.69) is 4.72 Å². The predicted octanol–water partition coefficient (Wildman–Crippen LogP) is 4.86. The number of anilines is 1. The Hall–Kier alpha value is -3.61. The molecule has 0 unspecified atom stereocenters. The third kappa shape index (κ3) is 7.23. The van der Waals surface area contributed by atoms with Gasteiger partial charge in [0.15, 0.2) is 5.75 Å². The third-order valence-electron chi connectivity index (χ3n) is 7.21. The number of carbonyl (C=O) groups is 1. The second kappa shape index (κ2) is 12.7. The topological polar surface area (TPSA) is 99.2 Å². The molecule has 0 saturated heterocycles. The van der Waals surface area contributed by atoms with Crippen LogP contribution in [0.4, 0.5) is 18.9 Å². The Morgan fingerprint density at radius 3 is 2.36 bits per heavy atom. The summed E-state index contributed by atoms with van der Waals surface area (Å²) in [6, 6.07) is 16.8. The third-order valence-corrected chi connectivity index (χ3v) is 8.60. The molecule has 0 bridgehead atoms. The van der Waals surface area contributed by atoms with Crippen LogP contribution in [0.2, 0.25) is 0 Å². The number of rotatable bonds is 9. The number of alkyl halides is 3. The number of likely N-dealkylation sites (N-methyl/N-ethyl adjacent to an activating group) is 1. The van der Waals surface area contributed by atoms with Crippen LogP contribution in [0.25, 0.3) is 0 Å². The zero-order valence-corrected chi connectivity index (χ0v) is 24.3. The summed E-state index contributed by atoms with van der Waals surface area (Å²) >= 11 is 0. The molecule has 0 spiro atoms. The SMILES string of the molecule is C[C@H](CO)N1C[C@H](C)[C@@H](CN(C)Cc2ccc(C(F)(F)F)cc2)Oc2c(NS(=O)(=O)c3ccccc3)cccc2C1=O. The normalized spacial score (nSPS) is 18.6. The number of hydrogen-bond donors (Lipinski definition) is 2. The van der Waals surface area contributed by atoms with E-state index in [0.29, 0.717) is 18.7 Å². The van der Waals surface area contributed by atoms with Crippen molar-refractivity contribution in [2.75, 3.05) is 31.5 Å². The van der Waals surface area contributed by atoms with Gasteiger partial charge in [-0.15, -0.1) is 0 Å². The van der Waals surface area contributed by atoms with E-state index in [1.807, 2.05) is 11.8 Å². The lowest BCUT2D eigenvalue weighted by Crippen LogP contribution is -2.49. The Morgan fingerprint density at radius 2 is 1.74 bits per heavy atom. The van der Waals surface area contributed by atoms with Crippen molar-refractivity contribution in [1.82, 2.24) is 9.80 Å². The van der Waals surface area contributed by atoms with Crippen LogP contribution >= 0.6 is 0 Å². The molecule has 0 aliphatic carbocycles. The summed E-state index contributed by atoms with van der Waals surface area (Å²) in [5.74, 6) is -0.600. The highest BCUT2D eigenvalue weighted by Gasteiger charge is 2.35. The van der Waals surface area contributed by atoms with Gasteiger partial charge in [-0.3, -0.25) is 14.4 Å². The van der Waals surface area contributed by atoms with Gasteiger partial charge in [0.2, 0.25) is 0 Å². The number of ether oxygens (including phenoxy) is 1. The van der Waals surface area contributed by atoms with Crippen LogP contribution < -0.4 is 9.46 Å². The van der Waals surface area contributed by atoms with Crippen molar-refractivity contribution >= 4 is 21.6 Å². The van der Waals surface area contributed by atoms with E-state index in [0.717, 1.165) is 12.1 Å². The number of aliphatic hydroxyl groups is 1. The van der Waals surface area contributed by atoms with Crippen LogP contribution in [0.15, 0.2) is 77.7 Å². The van der Waals surface area contributed by atoms with Gasteiger partial charge >= 0.3 is 6.18 Å². The van der Waals surface area contributed by atoms with Crippen LogP contribution in [0.1, 0.15) is 35.3 Å². The van der Waals surface area contributed by atoms with E-state index in [-0.39, 0.29) is 41.0 Å². The lowest BCUT2D eigenvalue weighted by molar-refractivity contribution is -0.137. The fourth-order valence-corrected chi connectivity index (χ4v) is 5.91. The maximum absolute atomic E-state index is 13.7. The lowest BCUT2D eigenvalue weighted by atomic mass is 9.99. The Morgan fingerprint density at radius 1 is 1.07 bits per heavy atom. The van der Waals surface area contributed by atoms with Crippen LogP contribution in [0.5, 0.6) is 5.75 Å². The molecular weight excluding hydrogens is 571 g/mol. The molecule has 3 aromatic carbocycles. The molecule has 0 radical (unpaired) electrons. The summed E-state index contributed by atoms with van der Waals surface area (Å²) in [5.41, 5.74) is 0.179. The average Bonchev–Trinajstić information content (AvgIpc) is 2.95. The molecule has 1 aliphatic heterocycles.